The van der Waals surface area contributed by atoms with Crippen LogP contribution in [-0.4, -0.2) is 47.8 Å². The minimum atomic E-state index is -0.0943. The minimum Gasteiger partial charge on any atom is -0.342 e. The zero-order valence-electron chi connectivity index (χ0n) is 31.9. The average molecular weight is 835 g/mol. The fraction of sp³-hybridized carbons (Fsp3) is 0.435. The maximum Gasteiger partial charge on any atom is 0.226 e. The second-order valence-electron chi connectivity index (χ2n) is 16.5. The van der Waals surface area contributed by atoms with Crippen molar-refractivity contribution in [1.29, 1.82) is 0 Å². The van der Waals surface area contributed by atoms with Crippen molar-refractivity contribution in [1.82, 2.24) is 9.80 Å². The summed E-state index contributed by atoms with van der Waals surface area (Å²) < 4.78 is 0. The Hall–Kier alpha value is -2.67. The molecular weight excluding hydrogens is 786 g/mol. The minimum absolute atomic E-state index is 0.00132. The largest absolute Gasteiger partial charge is 0.342 e. The smallest absolute Gasteiger partial charge is 0.226 e. The van der Waals surface area contributed by atoms with Crippen LogP contribution in [0.5, 0.6) is 0 Å². The van der Waals surface area contributed by atoms with Crippen LogP contribution >= 0.6 is 58.2 Å². The summed E-state index contributed by atoms with van der Waals surface area (Å²) >= 11 is 30.8. The van der Waals surface area contributed by atoms with Gasteiger partial charge in [0.15, 0.2) is 0 Å². The van der Waals surface area contributed by atoms with E-state index in [2.05, 4.69) is 88.4 Å². The summed E-state index contributed by atoms with van der Waals surface area (Å²) in [5.41, 5.74) is 8.54. The van der Waals surface area contributed by atoms with Crippen LogP contribution in [0.25, 0.3) is 22.3 Å². The van der Waals surface area contributed by atoms with Gasteiger partial charge in [-0.05, 0) is 119 Å². The van der Waals surface area contributed by atoms with Crippen molar-refractivity contribution in [2.24, 2.45) is 11.8 Å². The van der Waals surface area contributed by atoms with Gasteiger partial charge in [0.05, 0.1) is 20.1 Å². The number of hydrogen-bond donors (Lipinski definition) is 0. The SMILES string of the molecule is CC(C)c1ccccc1-c1cc(Sc2cc(-c3ccccc3C(C)C)c([C@@H]3C[C@H]3C(=O)N3CCCC3)c(Cl)c2Cl)c(Cl)c(Cl)c1[C@@H]1C[C@H]1C(=O)N1CCCC1. The lowest BCUT2D eigenvalue weighted by Crippen LogP contribution is -2.29. The van der Waals surface area contributed by atoms with E-state index in [0.29, 0.717) is 20.1 Å². The number of amides is 2. The standard InChI is InChI=1S/C46H48Cl4N2O2S/c1-25(2)27-13-5-7-15-29(27)33-23-37(41(47)43(49)39(33)31-21-35(31)45(53)51-17-9-10-18-51)55-38-24-34(30-16-8-6-14-28(30)26(3)4)40(44(50)42(38)48)32-22-36(32)46(54)52-19-11-12-20-52/h5-8,13-16,23-26,31-32,35-36H,9-12,17-22H2,1-4H3/t31-,32-,35-,36-/m1/s1. The highest BCUT2D eigenvalue weighted by Crippen LogP contribution is 2.59. The fourth-order valence-electron chi connectivity index (χ4n) is 9.08. The molecule has 0 bridgehead atoms. The van der Waals surface area contributed by atoms with Crippen molar-refractivity contribution in [3.63, 3.8) is 0 Å². The number of rotatable bonds is 10. The van der Waals surface area contributed by atoms with E-state index in [9.17, 15) is 9.59 Å². The Morgan fingerprint density at radius 2 is 0.927 bits per heavy atom. The second-order valence-corrected chi connectivity index (χ2v) is 19.1. The summed E-state index contributed by atoms with van der Waals surface area (Å²) in [5.74, 6) is 0.801. The maximum atomic E-state index is 13.6. The number of halogens is 4. The van der Waals surface area contributed by atoms with Crippen LogP contribution in [0, 0.1) is 11.8 Å². The molecule has 2 saturated carbocycles. The van der Waals surface area contributed by atoms with Gasteiger partial charge in [0, 0.05) is 47.8 Å². The number of likely N-dealkylation sites (tertiary alicyclic amines) is 2. The van der Waals surface area contributed by atoms with Gasteiger partial charge in [-0.25, -0.2) is 0 Å². The molecule has 55 heavy (non-hydrogen) atoms. The van der Waals surface area contributed by atoms with Crippen LogP contribution in [0.2, 0.25) is 20.1 Å². The molecule has 4 aliphatic rings. The van der Waals surface area contributed by atoms with Crippen molar-refractivity contribution in [2.45, 2.75) is 99.7 Å². The molecule has 4 atom stereocenters. The van der Waals surface area contributed by atoms with Gasteiger partial charge < -0.3 is 9.80 Å². The van der Waals surface area contributed by atoms with E-state index < -0.39 is 0 Å². The van der Waals surface area contributed by atoms with Crippen LogP contribution in [0.15, 0.2) is 70.5 Å². The van der Waals surface area contributed by atoms with Gasteiger partial charge in [0.1, 0.15) is 0 Å². The lowest BCUT2D eigenvalue weighted by atomic mass is 9.88. The summed E-state index contributed by atoms with van der Waals surface area (Å²) in [5, 5.41) is 1.89. The van der Waals surface area contributed by atoms with Crippen LogP contribution in [0.3, 0.4) is 0 Å². The zero-order valence-corrected chi connectivity index (χ0v) is 35.8. The van der Waals surface area contributed by atoms with Gasteiger partial charge in [-0.15, -0.1) is 0 Å². The van der Waals surface area contributed by atoms with Crippen LogP contribution < -0.4 is 0 Å². The molecule has 2 aliphatic carbocycles. The number of hydrogen-bond acceptors (Lipinski definition) is 3. The van der Waals surface area contributed by atoms with Crippen LogP contribution in [-0.2, 0) is 9.59 Å². The molecule has 0 spiro atoms. The van der Waals surface area contributed by atoms with E-state index in [4.69, 9.17) is 46.4 Å². The molecule has 9 heteroatoms. The predicted molar refractivity (Wildman–Crippen MR) is 229 cm³/mol. The summed E-state index contributed by atoms with van der Waals surface area (Å²) in [6.45, 7) is 12.1. The first kappa shape index (κ1) is 39.2. The molecule has 0 aromatic heterocycles. The molecule has 0 N–H and O–H groups in total. The molecule has 2 aliphatic heterocycles. The quantitative estimate of drug-likeness (QED) is 0.160. The van der Waals surface area contributed by atoms with Gasteiger partial charge in [0.25, 0.3) is 0 Å². The molecule has 0 unspecified atom stereocenters. The van der Waals surface area contributed by atoms with E-state index in [1.807, 2.05) is 9.80 Å². The predicted octanol–water partition coefficient (Wildman–Crippen LogP) is 13.5. The average Bonchev–Trinajstić information content (AvgIpc) is 3.99. The van der Waals surface area contributed by atoms with Gasteiger partial charge in [0.2, 0.25) is 11.8 Å². The maximum absolute atomic E-state index is 13.6. The fourth-order valence-corrected chi connectivity index (χ4v) is 11.4. The van der Waals surface area contributed by atoms with Crippen molar-refractivity contribution < 1.29 is 9.59 Å². The van der Waals surface area contributed by atoms with Gasteiger partial charge >= 0.3 is 0 Å². The first-order valence-corrected chi connectivity index (χ1v) is 22.3. The van der Waals surface area contributed by atoms with Crippen LogP contribution in [0.4, 0.5) is 0 Å². The molecule has 0 radical (unpaired) electrons. The van der Waals surface area contributed by atoms with E-state index in [1.54, 1.807) is 0 Å². The molecule has 2 saturated heterocycles. The van der Waals surface area contributed by atoms with Crippen molar-refractivity contribution in [2.75, 3.05) is 26.2 Å². The lowest BCUT2D eigenvalue weighted by Gasteiger charge is -2.22. The van der Waals surface area contributed by atoms with Crippen molar-refractivity contribution >= 4 is 70.0 Å². The highest BCUT2D eigenvalue weighted by molar-refractivity contribution is 7.99. The molecule has 4 aromatic carbocycles. The highest BCUT2D eigenvalue weighted by atomic mass is 35.5. The summed E-state index contributed by atoms with van der Waals surface area (Å²) in [4.78, 5) is 32.8. The molecule has 4 nitrogen and oxygen atoms in total. The Bertz CT molecular complexity index is 2010. The van der Waals surface area contributed by atoms with Gasteiger partial charge in [-0.2, -0.15) is 0 Å². The van der Waals surface area contributed by atoms with E-state index in [1.165, 1.54) is 22.9 Å². The lowest BCUT2D eigenvalue weighted by molar-refractivity contribution is -0.132. The Kier molecular flexibility index (Phi) is 11.3. The Morgan fingerprint density at radius 3 is 1.29 bits per heavy atom. The number of nitrogens with zero attached hydrogens (tertiary/aromatic N) is 2. The van der Waals surface area contributed by atoms with E-state index in [0.717, 1.165) is 108 Å². The first-order valence-electron chi connectivity index (χ1n) is 19.9. The topological polar surface area (TPSA) is 40.6 Å². The van der Waals surface area contributed by atoms with Crippen LogP contribution in [0.1, 0.15) is 112 Å². The molecule has 8 rings (SSSR count). The number of carbonyl (C=O) groups is 2. The molecule has 2 heterocycles. The monoisotopic (exact) mass is 832 g/mol. The molecule has 288 valence electrons. The molecule has 4 aromatic rings. The van der Waals surface area contributed by atoms with E-state index >= 15 is 0 Å². The summed E-state index contributed by atoms with van der Waals surface area (Å²) in [7, 11) is 0. The zero-order chi connectivity index (χ0) is 38.7. The molecule has 4 fully saturated rings. The Balaban J connectivity index is 1.24. The third kappa shape index (κ3) is 7.47. The number of carbonyl (C=O) groups excluding carboxylic acids is 2. The third-order valence-corrected chi connectivity index (χ3v) is 15.3. The van der Waals surface area contributed by atoms with Crippen molar-refractivity contribution in [3.8, 4) is 22.3 Å². The van der Waals surface area contributed by atoms with E-state index in [-0.39, 0.29) is 47.3 Å². The summed E-state index contributed by atoms with van der Waals surface area (Å²) in [6.07, 6.45) is 5.77. The molecule has 2 amide bonds. The third-order valence-electron chi connectivity index (χ3n) is 12.2. The van der Waals surface area contributed by atoms with Gasteiger partial charge in [-0.3, -0.25) is 9.59 Å². The molecular formula is C46H48Cl4N2O2S. The first-order chi connectivity index (χ1) is 26.5. The summed E-state index contributed by atoms with van der Waals surface area (Å²) in [6, 6.07) is 21.2. The Labute approximate surface area is 350 Å². The normalized spacial score (nSPS) is 21.9. The van der Waals surface area contributed by atoms with Crippen molar-refractivity contribution in [3.05, 3.63) is 103 Å². The van der Waals surface area contributed by atoms with Gasteiger partial charge in [-0.1, -0.05) is 134 Å². The number of benzene rings is 4. The Morgan fingerprint density at radius 1 is 0.564 bits per heavy atom. The second kappa shape index (κ2) is 15.9. The highest BCUT2D eigenvalue weighted by Gasteiger charge is 2.50.